The number of alkyl halides is 3. The maximum absolute atomic E-state index is 12.6. The summed E-state index contributed by atoms with van der Waals surface area (Å²) in [4.78, 5) is 0. The molecule has 0 amide bonds. The van der Waals surface area contributed by atoms with Gasteiger partial charge in [0.05, 0.1) is 11.6 Å². The number of hydrazine groups is 1. The van der Waals surface area contributed by atoms with E-state index in [1.54, 1.807) is 18.2 Å². The molecular weight excluding hydrogens is 301 g/mol. The minimum atomic E-state index is -4.35. The topological polar surface area (TPSA) is 38.0 Å². The van der Waals surface area contributed by atoms with Crippen molar-refractivity contribution < 1.29 is 13.2 Å². The van der Waals surface area contributed by atoms with Crippen molar-refractivity contribution in [2.24, 2.45) is 5.84 Å². The van der Waals surface area contributed by atoms with Gasteiger partial charge < -0.3 is 0 Å². The molecule has 0 aromatic heterocycles. The smallest absolute Gasteiger partial charge is 0.271 e. The van der Waals surface area contributed by atoms with Gasteiger partial charge in [-0.25, -0.2) is 5.43 Å². The first-order chi connectivity index (χ1) is 9.82. The lowest BCUT2D eigenvalue weighted by Crippen LogP contribution is -2.29. The largest absolute Gasteiger partial charge is 0.416 e. The van der Waals surface area contributed by atoms with Gasteiger partial charge in [-0.1, -0.05) is 29.8 Å². The Labute approximate surface area is 125 Å². The number of hydrogen-bond donors (Lipinski definition) is 2. The second-order valence-corrected chi connectivity index (χ2v) is 5.16. The molecular formula is C15H14ClF3N2. The number of nitrogens with one attached hydrogen (secondary N) is 1. The standard InChI is InChI=1S/C15H14ClF3N2/c1-9-8-12(16)6-7-13(9)14(21-20)10-2-4-11(5-3-10)15(17,18)19/h2-8,14,21H,20H2,1H3. The van der Waals surface area contributed by atoms with Crippen LogP contribution in [0, 0.1) is 6.92 Å². The highest BCUT2D eigenvalue weighted by molar-refractivity contribution is 6.30. The summed E-state index contributed by atoms with van der Waals surface area (Å²) < 4.78 is 37.7. The molecule has 0 aliphatic rings. The van der Waals surface area contributed by atoms with Crippen LogP contribution in [0.1, 0.15) is 28.3 Å². The van der Waals surface area contributed by atoms with Crippen molar-refractivity contribution >= 4 is 11.6 Å². The van der Waals surface area contributed by atoms with Crippen molar-refractivity contribution in [2.75, 3.05) is 0 Å². The molecule has 112 valence electrons. The average molecular weight is 315 g/mol. The van der Waals surface area contributed by atoms with Crippen molar-refractivity contribution in [3.8, 4) is 0 Å². The van der Waals surface area contributed by atoms with Crippen LogP contribution in [0.2, 0.25) is 5.02 Å². The van der Waals surface area contributed by atoms with Crippen LogP contribution in [0.25, 0.3) is 0 Å². The summed E-state index contributed by atoms with van der Waals surface area (Å²) in [6.45, 7) is 1.87. The van der Waals surface area contributed by atoms with Gasteiger partial charge in [-0.05, 0) is 47.9 Å². The second kappa shape index (κ2) is 6.05. The average Bonchev–Trinajstić information content (AvgIpc) is 2.41. The normalized spacial score (nSPS) is 13.2. The van der Waals surface area contributed by atoms with Gasteiger partial charge in [0.2, 0.25) is 0 Å². The molecule has 0 saturated carbocycles. The van der Waals surface area contributed by atoms with E-state index in [-0.39, 0.29) is 0 Å². The minimum Gasteiger partial charge on any atom is -0.271 e. The summed E-state index contributed by atoms with van der Waals surface area (Å²) >= 11 is 5.91. The maximum atomic E-state index is 12.6. The van der Waals surface area contributed by atoms with Crippen molar-refractivity contribution in [3.05, 3.63) is 69.7 Å². The molecule has 3 N–H and O–H groups in total. The Hall–Kier alpha value is -1.56. The van der Waals surface area contributed by atoms with E-state index in [0.717, 1.165) is 23.3 Å². The fourth-order valence-corrected chi connectivity index (χ4v) is 2.42. The number of nitrogens with two attached hydrogens (primary N) is 1. The number of halogens is 4. The van der Waals surface area contributed by atoms with Gasteiger partial charge in [-0.15, -0.1) is 0 Å². The Bertz CT molecular complexity index is 624. The lowest BCUT2D eigenvalue weighted by molar-refractivity contribution is -0.137. The second-order valence-electron chi connectivity index (χ2n) is 4.72. The molecule has 0 bridgehead atoms. The van der Waals surface area contributed by atoms with Gasteiger partial charge in [0.15, 0.2) is 0 Å². The van der Waals surface area contributed by atoms with E-state index in [1.165, 1.54) is 12.1 Å². The highest BCUT2D eigenvalue weighted by atomic mass is 35.5. The first-order valence-electron chi connectivity index (χ1n) is 6.22. The van der Waals surface area contributed by atoms with Crippen LogP contribution in [0.4, 0.5) is 13.2 Å². The summed E-state index contributed by atoms with van der Waals surface area (Å²) in [5.74, 6) is 5.56. The highest BCUT2D eigenvalue weighted by Crippen LogP contribution is 2.31. The molecule has 2 rings (SSSR count). The molecule has 6 heteroatoms. The van der Waals surface area contributed by atoms with Gasteiger partial charge in [-0.2, -0.15) is 13.2 Å². The fraction of sp³-hybridized carbons (Fsp3) is 0.200. The number of benzene rings is 2. The molecule has 0 fully saturated rings. The first kappa shape index (κ1) is 15.8. The molecule has 2 aromatic rings. The molecule has 2 aromatic carbocycles. The minimum absolute atomic E-state index is 0.399. The van der Waals surface area contributed by atoms with Crippen LogP contribution in [0.3, 0.4) is 0 Å². The molecule has 0 spiro atoms. The summed E-state index contributed by atoms with van der Waals surface area (Å²) in [7, 11) is 0. The lowest BCUT2D eigenvalue weighted by atomic mass is 9.95. The Kier molecular flexibility index (Phi) is 4.56. The summed E-state index contributed by atoms with van der Waals surface area (Å²) in [5.41, 5.74) is 4.36. The number of aryl methyl sites for hydroxylation is 1. The lowest BCUT2D eigenvalue weighted by Gasteiger charge is -2.20. The molecule has 0 aliphatic heterocycles. The monoisotopic (exact) mass is 314 g/mol. The molecule has 2 nitrogen and oxygen atoms in total. The SMILES string of the molecule is Cc1cc(Cl)ccc1C(NN)c1ccc(C(F)(F)F)cc1. The number of rotatable bonds is 3. The van der Waals surface area contributed by atoms with Crippen LogP contribution in [-0.2, 0) is 6.18 Å². The first-order valence-corrected chi connectivity index (χ1v) is 6.60. The van der Waals surface area contributed by atoms with E-state index < -0.39 is 17.8 Å². The summed E-state index contributed by atoms with van der Waals surface area (Å²) in [6, 6.07) is 9.84. The van der Waals surface area contributed by atoms with Crippen molar-refractivity contribution in [1.82, 2.24) is 5.43 Å². The van der Waals surface area contributed by atoms with E-state index >= 15 is 0 Å². The van der Waals surface area contributed by atoms with E-state index in [0.29, 0.717) is 10.6 Å². The Morgan fingerprint density at radius 2 is 1.71 bits per heavy atom. The fourth-order valence-electron chi connectivity index (χ4n) is 2.19. The van der Waals surface area contributed by atoms with E-state index in [9.17, 15) is 13.2 Å². The third kappa shape index (κ3) is 3.56. The van der Waals surface area contributed by atoms with Crippen molar-refractivity contribution in [1.29, 1.82) is 0 Å². The van der Waals surface area contributed by atoms with Crippen LogP contribution in [0.5, 0.6) is 0 Å². The molecule has 21 heavy (non-hydrogen) atoms. The van der Waals surface area contributed by atoms with E-state index in [4.69, 9.17) is 17.4 Å². The Balaban J connectivity index is 2.37. The molecule has 1 atom stereocenters. The molecule has 0 radical (unpaired) electrons. The van der Waals surface area contributed by atoms with E-state index in [1.807, 2.05) is 6.92 Å². The Morgan fingerprint density at radius 1 is 1.10 bits per heavy atom. The third-order valence-electron chi connectivity index (χ3n) is 3.28. The summed E-state index contributed by atoms with van der Waals surface area (Å²) in [5, 5.41) is 0.597. The zero-order valence-corrected chi connectivity index (χ0v) is 12.0. The predicted octanol–water partition coefficient (Wildman–Crippen LogP) is 4.22. The maximum Gasteiger partial charge on any atom is 0.416 e. The molecule has 1 unspecified atom stereocenters. The van der Waals surface area contributed by atoms with Crippen molar-refractivity contribution in [2.45, 2.75) is 19.1 Å². The zero-order chi connectivity index (χ0) is 15.6. The van der Waals surface area contributed by atoms with Gasteiger partial charge in [0.25, 0.3) is 0 Å². The number of hydrogen-bond acceptors (Lipinski definition) is 2. The van der Waals surface area contributed by atoms with Gasteiger partial charge in [0, 0.05) is 5.02 Å². The van der Waals surface area contributed by atoms with E-state index in [2.05, 4.69) is 5.43 Å². The van der Waals surface area contributed by atoms with Crippen LogP contribution in [0.15, 0.2) is 42.5 Å². The predicted molar refractivity (Wildman–Crippen MR) is 76.8 cm³/mol. The molecule has 0 saturated heterocycles. The van der Waals surface area contributed by atoms with Crippen molar-refractivity contribution in [3.63, 3.8) is 0 Å². The highest BCUT2D eigenvalue weighted by Gasteiger charge is 2.30. The van der Waals surface area contributed by atoms with Gasteiger partial charge in [-0.3, -0.25) is 5.84 Å². The van der Waals surface area contributed by atoms with Crippen LogP contribution < -0.4 is 11.3 Å². The van der Waals surface area contributed by atoms with Gasteiger partial charge >= 0.3 is 6.18 Å². The van der Waals surface area contributed by atoms with Gasteiger partial charge in [0.1, 0.15) is 0 Å². The van der Waals surface area contributed by atoms with Crippen LogP contribution >= 0.6 is 11.6 Å². The van der Waals surface area contributed by atoms with Crippen LogP contribution in [-0.4, -0.2) is 0 Å². The Morgan fingerprint density at radius 3 is 2.19 bits per heavy atom. The molecule has 0 heterocycles. The quantitative estimate of drug-likeness (QED) is 0.657. The molecule has 0 aliphatic carbocycles. The third-order valence-corrected chi connectivity index (χ3v) is 3.52. The summed E-state index contributed by atoms with van der Waals surface area (Å²) in [6.07, 6.45) is -4.35. The zero-order valence-electron chi connectivity index (χ0n) is 11.2.